The van der Waals surface area contributed by atoms with E-state index in [1.54, 1.807) is 11.3 Å². The molecule has 3 N–H and O–H groups in total. The van der Waals surface area contributed by atoms with Crippen LogP contribution >= 0.6 is 11.3 Å². The zero-order valence-electron chi connectivity index (χ0n) is 19.9. The molecule has 3 nitrogen and oxygen atoms in total. The molecule has 1 amide bonds. The molecule has 4 rings (SSSR count). The van der Waals surface area contributed by atoms with Gasteiger partial charge in [0.25, 0.3) is 5.91 Å². The van der Waals surface area contributed by atoms with Gasteiger partial charge in [-0.05, 0) is 59.7 Å². The molecule has 5 heteroatoms. The fourth-order valence-electron chi connectivity index (χ4n) is 4.21. The standard InChI is InChI=1S/C29H32N2OSSi/c1-34(2,25-10-4-3-5-11-25)20-7-6-9-22-13-15-23(16-14-22)29(32)31-27-21-24(17-18-26(27)30)28-12-8-19-33-28/h3-5,8,10-19,21H,6-7,9,20,30H2,1-2H3,(H,31,32). The summed E-state index contributed by atoms with van der Waals surface area (Å²) in [6.07, 6.45) is 3.44. The number of benzene rings is 3. The van der Waals surface area contributed by atoms with E-state index in [0.717, 1.165) is 16.9 Å². The Kier molecular flexibility index (Phi) is 7.65. The highest BCUT2D eigenvalue weighted by atomic mass is 32.1. The summed E-state index contributed by atoms with van der Waals surface area (Å²) in [5.41, 5.74) is 10.3. The Bertz CT molecular complexity index is 1220. The van der Waals surface area contributed by atoms with Crippen molar-refractivity contribution in [1.82, 2.24) is 0 Å². The number of rotatable bonds is 9. The van der Waals surface area contributed by atoms with Crippen LogP contribution < -0.4 is 16.2 Å². The Hall–Kier alpha value is -3.15. The lowest BCUT2D eigenvalue weighted by molar-refractivity contribution is 0.102. The van der Waals surface area contributed by atoms with Crippen LogP contribution in [0.15, 0.2) is 90.3 Å². The molecular formula is C29H32N2OSSi. The minimum Gasteiger partial charge on any atom is -0.397 e. The molecule has 174 valence electrons. The lowest BCUT2D eigenvalue weighted by atomic mass is 10.1. The lowest BCUT2D eigenvalue weighted by Gasteiger charge is -2.22. The fourth-order valence-corrected chi connectivity index (χ4v) is 7.45. The van der Waals surface area contributed by atoms with Crippen LogP contribution in [0, 0.1) is 0 Å². The van der Waals surface area contributed by atoms with Crippen LogP contribution in [0.2, 0.25) is 19.1 Å². The monoisotopic (exact) mass is 484 g/mol. The molecule has 34 heavy (non-hydrogen) atoms. The Balaban J connectivity index is 1.30. The third-order valence-corrected chi connectivity index (χ3v) is 10.8. The largest absolute Gasteiger partial charge is 0.397 e. The maximum atomic E-state index is 12.8. The normalized spacial score (nSPS) is 11.4. The summed E-state index contributed by atoms with van der Waals surface area (Å²) in [5, 5.41) is 6.55. The molecule has 0 aliphatic heterocycles. The van der Waals surface area contributed by atoms with Gasteiger partial charge >= 0.3 is 0 Å². The number of aryl methyl sites for hydroxylation is 1. The third kappa shape index (κ3) is 6.04. The summed E-state index contributed by atoms with van der Waals surface area (Å²) in [4.78, 5) is 14.0. The zero-order valence-corrected chi connectivity index (χ0v) is 21.7. The van der Waals surface area contributed by atoms with Crippen LogP contribution in [0.3, 0.4) is 0 Å². The molecule has 0 aliphatic carbocycles. The van der Waals surface area contributed by atoms with Crippen molar-refractivity contribution in [3.05, 3.63) is 101 Å². The van der Waals surface area contributed by atoms with Crippen molar-refractivity contribution in [3.8, 4) is 10.4 Å². The number of nitrogens with two attached hydrogens (primary N) is 1. The minimum atomic E-state index is -1.37. The van der Waals surface area contributed by atoms with E-state index in [0.29, 0.717) is 16.9 Å². The lowest BCUT2D eigenvalue weighted by Crippen LogP contribution is -2.40. The molecule has 0 saturated heterocycles. The maximum Gasteiger partial charge on any atom is 0.255 e. The fraction of sp³-hybridized carbons (Fsp3) is 0.207. The zero-order chi connectivity index (χ0) is 24.0. The van der Waals surface area contributed by atoms with Gasteiger partial charge in [-0.3, -0.25) is 4.79 Å². The number of thiophene rings is 1. The van der Waals surface area contributed by atoms with E-state index in [9.17, 15) is 4.79 Å². The van der Waals surface area contributed by atoms with E-state index < -0.39 is 8.07 Å². The van der Waals surface area contributed by atoms with Crippen molar-refractivity contribution < 1.29 is 4.79 Å². The van der Waals surface area contributed by atoms with Crippen molar-refractivity contribution in [3.63, 3.8) is 0 Å². The van der Waals surface area contributed by atoms with Crippen LogP contribution in [-0.2, 0) is 6.42 Å². The molecule has 0 fully saturated rings. The summed E-state index contributed by atoms with van der Waals surface area (Å²) in [5.74, 6) is -0.141. The Morgan fingerprint density at radius 2 is 1.68 bits per heavy atom. The highest BCUT2D eigenvalue weighted by molar-refractivity contribution is 7.13. The van der Waals surface area contributed by atoms with Gasteiger partial charge in [0.1, 0.15) is 0 Å². The van der Waals surface area contributed by atoms with Gasteiger partial charge in [0.2, 0.25) is 0 Å². The third-order valence-electron chi connectivity index (χ3n) is 6.40. The topological polar surface area (TPSA) is 55.1 Å². The summed E-state index contributed by atoms with van der Waals surface area (Å²) in [7, 11) is -1.37. The number of hydrogen-bond donors (Lipinski definition) is 2. The molecule has 0 spiro atoms. The molecule has 1 heterocycles. The molecule has 4 aromatic rings. The molecule has 0 unspecified atom stereocenters. The van der Waals surface area contributed by atoms with Crippen LogP contribution in [0.1, 0.15) is 28.8 Å². The molecule has 3 aromatic carbocycles. The second-order valence-corrected chi connectivity index (χ2v) is 15.2. The molecule has 1 aromatic heterocycles. The molecule has 0 aliphatic rings. The van der Waals surface area contributed by atoms with Crippen LogP contribution in [0.5, 0.6) is 0 Å². The van der Waals surface area contributed by atoms with Gasteiger partial charge < -0.3 is 11.1 Å². The second kappa shape index (κ2) is 10.8. The van der Waals surface area contributed by atoms with Gasteiger partial charge in [-0.25, -0.2) is 0 Å². The van der Waals surface area contributed by atoms with Crippen LogP contribution in [0.4, 0.5) is 11.4 Å². The van der Waals surface area contributed by atoms with E-state index >= 15 is 0 Å². The van der Waals surface area contributed by atoms with Crippen LogP contribution in [0.25, 0.3) is 10.4 Å². The summed E-state index contributed by atoms with van der Waals surface area (Å²) < 4.78 is 0. The van der Waals surface area contributed by atoms with Gasteiger partial charge in [-0.15, -0.1) is 11.3 Å². The molecule has 0 radical (unpaired) electrons. The second-order valence-electron chi connectivity index (χ2n) is 9.39. The minimum absolute atomic E-state index is 0.141. The summed E-state index contributed by atoms with van der Waals surface area (Å²) in [6.45, 7) is 4.91. The number of unbranched alkanes of at least 4 members (excludes halogenated alkanes) is 1. The summed E-state index contributed by atoms with van der Waals surface area (Å²) in [6, 6.07) is 30.0. The quantitative estimate of drug-likeness (QED) is 0.150. The van der Waals surface area contributed by atoms with Crippen molar-refractivity contribution in [2.45, 2.75) is 38.4 Å². The average molecular weight is 485 g/mol. The first kappa shape index (κ1) is 24.0. The Morgan fingerprint density at radius 3 is 2.38 bits per heavy atom. The first-order valence-corrected chi connectivity index (χ1v) is 15.9. The number of carbonyl (C=O) groups excluding carboxylic acids is 1. The van der Waals surface area contributed by atoms with E-state index in [4.69, 9.17) is 5.73 Å². The van der Waals surface area contributed by atoms with Crippen LogP contribution in [-0.4, -0.2) is 14.0 Å². The molecule has 0 atom stereocenters. The predicted molar refractivity (Wildman–Crippen MR) is 150 cm³/mol. The van der Waals surface area contributed by atoms with Gasteiger partial charge in [0, 0.05) is 10.4 Å². The number of hydrogen-bond acceptors (Lipinski definition) is 3. The predicted octanol–water partition coefficient (Wildman–Crippen LogP) is 7.19. The van der Waals surface area contributed by atoms with E-state index in [2.05, 4.69) is 66.9 Å². The van der Waals surface area contributed by atoms with Gasteiger partial charge in [0.05, 0.1) is 19.4 Å². The number of carbonyl (C=O) groups is 1. The van der Waals surface area contributed by atoms with Gasteiger partial charge in [0.15, 0.2) is 0 Å². The molecular weight excluding hydrogens is 452 g/mol. The first-order valence-electron chi connectivity index (χ1n) is 11.8. The molecule has 0 saturated carbocycles. The number of anilines is 2. The smallest absolute Gasteiger partial charge is 0.255 e. The van der Waals surface area contributed by atoms with Gasteiger partial charge in [-0.1, -0.05) is 85.3 Å². The van der Waals surface area contributed by atoms with E-state index in [-0.39, 0.29) is 5.91 Å². The average Bonchev–Trinajstić information content (AvgIpc) is 3.39. The van der Waals surface area contributed by atoms with Gasteiger partial charge in [-0.2, -0.15) is 0 Å². The maximum absolute atomic E-state index is 12.8. The van der Waals surface area contributed by atoms with E-state index in [1.807, 2.05) is 41.8 Å². The SMILES string of the molecule is C[Si](C)(CCCCc1ccc(C(=O)Nc2cc(-c3cccs3)ccc2N)cc1)c1ccccc1. The molecule has 0 bridgehead atoms. The van der Waals surface area contributed by atoms with Crippen molar-refractivity contribution >= 4 is 41.9 Å². The highest BCUT2D eigenvalue weighted by Gasteiger charge is 2.22. The Labute approximate surface area is 207 Å². The first-order chi connectivity index (χ1) is 16.4. The number of nitrogen functional groups attached to an aromatic ring is 1. The highest BCUT2D eigenvalue weighted by Crippen LogP contribution is 2.30. The summed E-state index contributed by atoms with van der Waals surface area (Å²) >= 11 is 1.66. The van der Waals surface area contributed by atoms with Crippen molar-refractivity contribution in [1.29, 1.82) is 0 Å². The van der Waals surface area contributed by atoms with Crippen molar-refractivity contribution in [2.75, 3.05) is 11.1 Å². The Morgan fingerprint density at radius 1 is 0.912 bits per heavy atom. The number of amides is 1. The number of nitrogens with one attached hydrogen (secondary N) is 1. The van der Waals surface area contributed by atoms with Crippen molar-refractivity contribution in [2.24, 2.45) is 0 Å². The van der Waals surface area contributed by atoms with E-state index in [1.165, 1.54) is 29.6 Å².